The molecule has 0 aliphatic carbocycles. The molecule has 0 radical (unpaired) electrons. The van der Waals surface area contributed by atoms with Crippen LogP contribution in [0.2, 0.25) is 5.02 Å². The number of hydrogen-bond donors (Lipinski definition) is 2. The lowest BCUT2D eigenvalue weighted by Crippen LogP contribution is -2.13. The molecule has 2 N–H and O–H groups in total. The first-order chi connectivity index (χ1) is 12.2. The van der Waals surface area contributed by atoms with Gasteiger partial charge in [-0.15, -0.1) is 0 Å². The van der Waals surface area contributed by atoms with Crippen LogP contribution in [-0.2, 0) is 0 Å². The predicted molar refractivity (Wildman–Crippen MR) is 99.9 cm³/mol. The van der Waals surface area contributed by atoms with Crippen LogP contribution in [0.25, 0.3) is 0 Å². The zero-order valence-electron chi connectivity index (χ0n) is 13.5. The molecule has 3 rings (SSSR count). The van der Waals surface area contributed by atoms with Crippen molar-refractivity contribution in [2.24, 2.45) is 0 Å². The lowest BCUT2D eigenvalue weighted by atomic mass is 10.2. The summed E-state index contributed by atoms with van der Waals surface area (Å²) in [6, 6.07) is 17.9. The molecule has 0 saturated carbocycles. The van der Waals surface area contributed by atoms with E-state index in [-0.39, 0.29) is 5.91 Å². The molecule has 3 aromatic rings. The largest absolute Gasteiger partial charge is 0.497 e. The van der Waals surface area contributed by atoms with Gasteiger partial charge in [-0.25, -0.2) is 0 Å². The van der Waals surface area contributed by atoms with E-state index in [9.17, 15) is 4.79 Å². The van der Waals surface area contributed by atoms with E-state index >= 15 is 0 Å². The summed E-state index contributed by atoms with van der Waals surface area (Å²) < 4.78 is 5.10. The van der Waals surface area contributed by atoms with Crippen LogP contribution in [0, 0.1) is 0 Å². The highest BCUT2D eigenvalue weighted by atomic mass is 35.5. The first-order valence-electron chi connectivity index (χ1n) is 7.59. The summed E-state index contributed by atoms with van der Waals surface area (Å²) in [7, 11) is 1.59. The number of methoxy groups -OCH3 is 1. The number of carbonyl (C=O) groups is 1. The van der Waals surface area contributed by atoms with Crippen molar-refractivity contribution in [2.45, 2.75) is 0 Å². The van der Waals surface area contributed by atoms with Gasteiger partial charge in [0, 0.05) is 17.6 Å². The van der Waals surface area contributed by atoms with Gasteiger partial charge in [0.1, 0.15) is 11.4 Å². The fourth-order valence-corrected chi connectivity index (χ4v) is 2.40. The topological polar surface area (TPSA) is 63.2 Å². The third kappa shape index (κ3) is 4.28. The number of anilines is 3. The van der Waals surface area contributed by atoms with E-state index in [4.69, 9.17) is 16.3 Å². The summed E-state index contributed by atoms with van der Waals surface area (Å²) in [5, 5.41) is 6.58. The molecule has 25 heavy (non-hydrogen) atoms. The van der Waals surface area contributed by atoms with E-state index in [0.29, 0.717) is 16.4 Å². The smallest absolute Gasteiger partial charge is 0.274 e. The average Bonchev–Trinajstić information content (AvgIpc) is 2.64. The van der Waals surface area contributed by atoms with Gasteiger partial charge in [-0.3, -0.25) is 9.78 Å². The molecule has 0 aliphatic rings. The number of benzene rings is 2. The highest BCUT2D eigenvalue weighted by molar-refractivity contribution is 6.33. The van der Waals surface area contributed by atoms with Gasteiger partial charge in [0.2, 0.25) is 0 Å². The normalized spacial score (nSPS) is 10.2. The average molecular weight is 354 g/mol. The first-order valence-corrected chi connectivity index (χ1v) is 7.96. The van der Waals surface area contributed by atoms with Crippen LogP contribution in [0.3, 0.4) is 0 Å². The number of nitrogens with zero attached hydrogens (tertiary/aromatic N) is 1. The molecule has 0 saturated heterocycles. The number of halogens is 1. The SMILES string of the molecule is COc1ccc(NC(=O)c2cc(Nc3ccccc3Cl)ccn2)cc1. The molecular weight excluding hydrogens is 338 g/mol. The quantitative estimate of drug-likeness (QED) is 0.695. The number of rotatable bonds is 5. The minimum Gasteiger partial charge on any atom is -0.497 e. The summed E-state index contributed by atoms with van der Waals surface area (Å²) in [5.74, 6) is 0.426. The summed E-state index contributed by atoms with van der Waals surface area (Å²) in [6.07, 6.45) is 1.57. The van der Waals surface area contributed by atoms with Crippen LogP contribution < -0.4 is 15.4 Å². The summed E-state index contributed by atoms with van der Waals surface area (Å²) >= 11 is 6.14. The maximum absolute atomic E-state index is 12.4. The van der Waals surface area contributed by atoms with Gasteiger partial charge in [-0.1, -0.05) is 23.7 Å². The Labute approximate surface area is 150 Å². The van der Waals surface area contributed by atoms with E-state index in [1.54, 1.807) is 55.8 Å². The van der Waals surface area contributed by atoms with E-state index in [1.807, 2.05) is 18.2 Å². The third-order valence-electron chi connectivity index (χ3n) is 3.49. The number of nitrogens with one attached hydrogen (secondary N) is 2. The molecule has 1 heterocycles. The van der Waals surface area contributed by atoms with Gasteiger partial charge in [-0.05, 0) is 48.5 Å². The number of para-hydroxylation sites is 1. The molecule has 1 aromatic heterocycles. The van der Waals surface area contributed by atoms with Gasteiger partial charge >= 0.3 is 0 Å². The predicted octanol–water partition coefficient (Wildman–Crippen LogP) is 4.74. The maximum Gasteiger partial charge on any atom is 0.274 e. The number of amides is 1. The second kappa shape index (κ2) is 7.68. The summed E-state index contributed by atoms with van der Waals surface area (Å²) in [4.78, 5) is 16.5. The van der Waals surface area contributed by atoms with Crippen LogP contribution >= 0.6 is 11.6 Å². The fraction of sp³-hybridized carbons (Fsp3) is 0.0526. The Morgan fingerprint density at radius 2 is 1.80 bits per heavy atom. The zero-order chi connectivity index (χ0) is 17.6. The number of ether oxygens (including phenoxy) is 1. The van der Waals surface area contributed by atoms with Crippen LogP contribution in [0.1, 0.15) is 10.5 Å². The van der Waals surface area contributed by atoms with Gasteiger partial charge in [0.05, 0.1) is 17.8 Å². The Morgan fingerprint density at radius 1 is 1.04 bits per heavy atom. The van der Waals surface area contributed by atoms with Crippen molar-refractivity contribution >= 4 is 34.6 Å². The lowest BCUT2D eigenvalue weighted by molar-refractivity contribution is 0.102. The van der Waals surface area contributed by atoms with Gasteiger partial charge in [0.25, 0.3) is 5.91 Å². The lowest BCUT2D eigenvalue weighted by Gasteiger charge is -2.10. The molecule has 0 atom stereocenters. The minimum atomic E-state index is -0.298. The molecule has 0 bridgehead atoms. The van der Waals surface area contributed by atoms with Crippen molar-refractivity contribution in [1.29, 1.82) is 0 Å². The molecule has 0 aliphatic heterocycles. The fourth-order valence-electron chi connectivity index (χ4n) is 2.22. The summed E-state index contributed by atoms with van der Waals surface area (Å²) in [5.41, 5.74) is 2.45. The molecular formula is C19H16ClN3O2. The zero-order valence-corrected chi connectivity index (χ0v) is 14.2. The van der Waals surface area contributed by atoms with Crippen LogP contribution in [-0.4, -0.2) is 18.0 Å². The van der Waals surface area contributed by atoms with Crippen molar-refractivity contribution in [1.82, 2.24) is 4.98 Å². The molecule has 0 spiro atoms. The van der Waals surface area contributed by atoms with Gasteiger partial charge in [0.15, 0.2) is 0 Å². The van der Waals surface area contributed by atoms with Crippen LogP contribution in [0.4, 0.5) is 17.1 Å². The van der Waals surface area contributed by atoms with Crippen molar-refractivity contribution in [3.8, 4) is 5.75 Å². The Bertz CT molecular complexity index is 882. The van der Waals surface area contributed by atoms with E-state index in [1.165, 1.54) is 0 Å². The van der Waals surface area contributed by atoms with E-state index < -0.39 is 0 Å². The second-order valence-electron chi connectivity index (χ2n) is 5.22. The van der Waals surface area contributed by atoms with E-state index in [0.717, 1.165) is 17.1 Å². The number of aromatic nitrogens is 1. The molecule has 6 heteroatoms. The highest BCUT2D eigenvalue weighted by Gasteiger charge is 2.09. The Hall–Kier alpha value is -3.05. The molecule has 5 nitrogen and oxygen atoms in total. The number of pyridine rings is 1. The maximum atomic E-state index is 12.4. The molecule has 1 amide bonds. The van der Waals surface area contributed by atoms with Crippen molar-refractivity contribution in [3.63, 3.8) is 0 Å². The monoisotopic (exact) mass is 353 g/mol. The Morgan fingerprint density at radius 3 is 2.52 bits per heavy atom. The third-order valence-corrected chi connectivity index (χ3v) is 3.82. The van der Waals surface area contributed by atoms with Gasteiger partial charge in [-0.2, -0.15) is 0 Å². The molecule has 0 unspecified atom stereocenters. The number of hydrogen-bond acceptors (Lipinski definition) is 4. The molecule has 0 fully saturated rings. The second-order valence-corrected chi connectivity index (χ2v) is 5.62. The van der Waals surface area contributed by atoms with Crippen molar-refractivity contribution in [2.75, 3.05) is 17.7 Å². The van der Waals surface area contributed by atoms with Crippen molar-refractivity contribution < 1.29 is 9.53 Å². The summed E-state index contributed by atoms with van der Waals surface area (Å²) in [6.45, 7) is 0. The van der Waals surface area contributed by atoms with Crippen LogP contribution in [0.15, 0.2) is 66.9 Å². The van der Waals surface area contributed by atoms with Crippen molar-refractivity contribution in [3.05, 3.63) is 77.6 Å². The van der Waals surface area contributed by atoms with Gasteiger partial charge < -0.3 is 15.4 Å². The first kappa shape index (κ1) is 16.8. The molecule has 126 valence electrons. The number of carbonyl (C=O) groups excluding carboxylic acids is 1. The minimum absolute atomic E-state index is 0.298. The Balaban J connectivity index is 1.74. The highest BCUT2D eigenvalue weighted by Crippen LogP contribution is 2.25. The Kier molecular flexibility index (Phi) is 5.16. The van der Waals surface area contributed by atoms with Crippen LogP contribution in [0.5, 0.6) is 5.75 Å². The standard InChI is InChI=1S/C19H16ClN3O2/c1-25-15-8-6-13(7-9-15)23-19(24)18-12-14(10-11-21-18)22-17-5-3-2-4-16(17)20/h2-12H,1H3,(H,21,22)(H,23,24). The van der Waals surface area contributed by atoms with E-state index in [2.05, 4.69) is 15.6 Å². The molecule has 2 aromatic carbocycles.